The number of alkyl halides is 3. The standard InChI is InChI=1S/C14H9Cl2F3IN5O/c1-24(2)6-22-13-11(20)10(5-21)23-25(13)12-8(15)3-7(4-9(12)16)26-14(17,18)19/h3-4,6H,1-2H3. The van der Waals surface area contributed by atoms with Crippen molar-refractivity contribution in [3.63, 3.8) is 0 Å². The smallest absolute Gasteiger partial charge is 0.406 e. The molecule has 2 rings (SSSR count). The fraction of sp³-hybridized carbons (Fsp3) is 0.214. The van der Waals surface area contributed by atoms with Crippen LogP contribution in [0.1, 0.15) is 5.69 Å². The summed E-state index contributed by atoms with van der Waals surface area (Å²) in [7, 11) is 3.48. The molecule has 2 aromatic rings. The molecule has 1 aromatic carbocycles. The van der Waals surface area contributed by atoms with E-state index in [0.717, 1.165) is 12.1 Å². The van der Waals surface area contributed by atoms with Crippen LogP contribution in [0.4, 0.5) is 19.0 Å². The minimum Gasteiger partial charge on any atom is -0.406 e. The highest BCUT2D eigenvalue weighted by Gasteiger charge is 2.32. The van der Waals surface area contributed by atoms with E-state index in [-0.39, 0.29) is 27.2 Å². The Morgan fingerprint density at radius 2 is 1.92 bits per heavy atom. The summed E-state index contributed by atoms with van der Waals surface area (Å²) in [5, 5.41) is 13.0. The van der Waals surface area contributed by atoms with Crippen molar-refractivity contribution in [1.29, 1.82) is 5.26 Å². The van der Waals surface area contributed by atoms with Crippen LogP contribution in [0.3, 0.4) is 0 Å². The van der Waals surface area contributed by atoms with E-state index in [4.69, 9.17) is 23.2 Å². The van der Waals surface area contributed by atoms with Gasteiger partial charge >= 0.3 is 6.36 Å². The maximum atomic E-state index is 12.4. The number of halogens is 6. The average Bonchev–Trinajstić information content (AvgIpc) is 2.78. The highest BCUT2D eigenvalue weighted by molar-refractivity contribution is 14.1. The zero-order chi connectivity index (χ0) is 19.6. The molecule has 0 unspecified atom stereocenters. The third kappa shape index (κ3) is 4.72. The van der Waals surface area contributed by atoms with E-state index in [2.05, 4.69) is 14.8 Å². The van der Waals surface area contributed by atoms with Crippen molar-refractivity contribution in [1.82, 2.24) is 14.7 Å². The van der Waals surface area contributed by atoms with Crippen molar-refractivity contribution in [2.24, 2.45) is 4.99 Å². The van der Waals surface area contributed by atoms with Crippen LogP contribution in [0.2, 0.25) is 10.0 Å². The molecule has 0 aliphatic rings. The summed E-state index contributed by atoms with van der Waals surface area (Å²) in [6, 6.07) is 3.82. The summed E-state index contributed by atoms with van der Waals surface area (Å²) in [5.41, 5.74) is 0.146. The molecule has 0 N–H and O–H groups in total. The molecule has 26 heavy (non-hydrogen) atoms. The lowest BCUT2D eigenvalue weighted by Gasteiger charge is -2.13. The van der Waals surface area contributed by atoms with E-state index in [1.165, 1.54) is 11.0 Å². The molecule has 0 atom stereocenters. The van der Waals surface area contributed by atoms with Crippen LogP contribution >= 0.6 is 45.8 Å². The first-order valence-corrected chi connectivity index (χ1v) is 8.51. The van der Waals surface area contributed by atoms with E-state index >= 15 is 0 Å². The molecule has 12 heteroatoms. The zero-order valence-electron chi connectivity index (χ0n) is 13.1. The number of aromatic nitrogens is 2. The van der Waals surface area contributed by atoms with Crippen molar-refractivity contribution in [2.75, 3.05) is 14.1 Å². The number of nitrogens with zero attached hydrogens (tertiary/aromatic N) is 5. The molecule has 0 aliphatic heterocycles. The number of benzene rings is 1. The molecule has 0 aliphatic carbocycles. The third-order valence-corrected chi connectivity index (χ3v) is 4.33. The van der Waals surface area contributed by atoms with Gasteiger partial charge in [-0.15, -0.1) is 13.2 Å². The molecule has 138 valence electrons. The molecular formula is C14H9Cl2F3IN5O. The molecule has 1 aromatic heterocycles. The fourth-order valence-electron chi connectivity index (χ4n) is 1.84. The SMILES string of the molecule is CN(C)C=Nc1c(I)c(C#N)nn1-c1c(Cl)cc(OC(F)(F)F)cc1Cl. The Morgan fingerprint density at radius 3 is 2.38 bits per heavy atom. The van der Waals surface area contributed by atoms with Gasteiger partial charge in [0.15, 0.2) is 11.5 Å². The Morgan fingerprint density at radius 1 is 1.35 bits per heavy atom. The summed E-state index contributed by atoms with van der Waals surface area (Å²) in [5.74, 6) is -0.318. The maximum Gasteiger partial charge on any atom is 0.573 e. The summed E-state index contributed by atoms with van der Waals surface area (Å²) in [6.07, 6.45) is -3.41. The first kappa shape index (κ1) is 20.6. The van der Waals surface area contributed by atoms with Gasteiger partial charge in [0, 0.05) is 26.2 Å². The summed E-state index contributed by atoms with van der Waals surface area (Å²) in [4.78, 5) is 5.88. The number of ether oxygens (including phenoxy) is 1. The lowest BCUT2D eigenvalue weighted by atomic mass is 10.3. The van der Waals surface area contributed by atoms with Crippen LogP contribution < -0.4 is 4.74 Å². The zero-order valence-corrected chi connectivity index (χ0v) is 16.8. The third-order valence-electron chi connectivity index (χ3n) is 2.76. The predicted octanol–water partition coefficient (Wildman–Crippen LogP) is 4.78. The van der Waals surface area contributed by atoms with Gasteiger partial charge in [0.25, 0.3) is 0 Å². The van der Waals surface area contributed by atoms with Crippen LogP contribution in [0.5, 0.6) is 5.75 Å². The van der Waals surface area contributed by atoms with Gasteiger partial charge in [-0.25, -0.2) is 9.67 Å². The van der Waals surface area contributed by atoms with Crippen LogP contribution in [0.25, 0.3) is 5.69 Å². The van der Waals surface area contributed by atoms with Crippen LogP contribution in [0.15, 0.2) is 17.1 Å². The Bertz CT molecular complexity index is 882. The summed E-state index contributed by atoms with van der Waals surface area (Å²) >= 11 is 14.1. The first-order valence-electron chi connectivity index (χ1n) is 6.68. The first-order chi connectivity index (χ1) is 12.0. The van der Waals surface area contributed by atoms with Crippen molar-refractivity contribution in [3.8, 4) is 17.5 Å². The minimum atomic E-state index is -4.88. The number of hydrogen-bond acceptors (Lipinski definition) is 4. The lowest BCUT2D eigenvalue weighted by molar-refractivity contribution is -0.274. The molecule has 1 heterocycles. The van der Waals surface area contributed by atoms with Gasteiger partial charge in [-0.05, 0) is 22.6 Å². The van der Waals surface area contributed by atoms with Gasteiger partial charge in [-0.3, -0.25) is 0 Å². The van der Waals surface area contributed by atoms with E-state index < -0.39 is 12.1 Å². The Hall–Kier alpha value is -1.71. The van der Waals surface area contributed by atoms with Crippen molar-refractivity contribution < 1.29 is 17.9 Å². The van der Waals surface area contributed by atoms with Crippen molar-refractivity contribution in [3.05, 3.63) is 31.4 Å². The van der Waals surface area contributed by atoms with Gasteiger partial charge in [-0.1, -0.05) is 23.2 Å². The molecule has 0 saturated carbocycles. The Kier molecular flexibility index (Phi) is 6.25. The van der Waals surface area contributed by atoms with Gasteiger partial charge in [0.2, 0.25) is 0 Å². The summed E-state index contributed by atoms with van der Waals surface area (Å²) in [6.45, 7) is 0. The number of aliphatic imine (C=N–C) groups is 1. The minimum absolute atomic E-state index is 0.0688. The van der Waals surface area contributed by atoms with Crippen LogP contribution in [0, 0.1) is 14.9 Å². The van der Waals surface area contributed by atoms with Crippen LogP contribution in [-0.2, 0) is 0 Å². The average molecular weight is 518 g/mol. The molecule has 0 fully saturated rings. The normalized spacial score (nSPS) is 11.7. The molecule has 0 amide bonds. The number of hydrogen-bond donors (Lipinski definition) is 0. The van der Waals surface area contributed by atoms with Crippen LogP contribution in [-0.4, -0.2) is 41.5 Å². The van der Waals surface area contributed by atoms with Gasteiger partial charge in [0.05, 0.1) is 20.0 Å². The Balaban J connectivity index is 2.63. The second kappa shape index (κ2) is 7.89. The highest BCUT2D eigenvalue weighted by atomic mass is 127. The molecule has 0 saturated heterocycles. The fourth-order valence-corrected chi connectivity index (χ4v) is 3.06. The largest absolute Gasteiger partial charge is 0.573 e. The van der Waals surface area contributed by atoms with E-state index in [9.17, 15) is 18.4 Å². The molecule has 0 spiro atoms. The maximum absolute atomic E-state index is 12.4. The second-order valence-corrected chi connectivity index (χ2v) is 6.89. The monoisotopic (exact) mass is 517 g/mol. The highest BCUT2D eigenvalue weighted by Crippen LogP contribution is 2.38. The number of rotatable bonds is 4. The molecule has 0 bridgehead atoms. The predicted molar refractivity (Wildman–Crippen MR) is 99.5 cm³/mol. The lowest BCUT2D eigenvalue weighted by Crippen LogP contribution is -2.17. The topological polar surface area (TPSA) is 66.4 Å². The van der Waals surface area contributed by atoms with E-state index in [0.29, 0.717) is 3.57 Å². The van der Waals surface area contributed by atoms with Gasteiger partial charge in [-0.2, -0.15) is 10.4 Å². The molecule has 6 nitrogen and oxygen atoms in total. The van der Waals surface area contributed by atoms with Gasteiger partial charge < -0.3 is 9.64 Å². The van der Waals surface area contributed by atoms with E-state index in [1.807, 2.05) is 28.7 Å². The summed E-state index contributed by atoms with van der Waals surface area (Å²) < 4.78 is 42.6. The van der Waals surface area contributed by atoms with Crippen molar-refractivity contribution in [2.45, 2.75) is 6.36 Å². The van der Waals surface area contributed by atoms with E-state index in [1.54, 1.807) is 19.0 Å². The van der Waals surface area contributed by atoms with Crippen molar-refractivity contribution >= 4 is 57.9 Å². The second-order valence-electron chi connectivity index (χ2n) is 5.00. The quantitative estimate of drug-likeness (QED) is 0.333. The molecular weight excluding hydrogens is 509 g/mol. The number of nitriles is 1. The Labute approximate surface area is 169 Å². The van der Waals surface area contributed by atoms with Gasteiger partial charge in [0.1, 0.15) is 17.5 Å². The molecule has 0 radical (unpaired) electrons.